The monoisotopic (exact) mass is 537 g/mol. The molecule has 1 aliphatic heterocycles. The minimum Gasteiger partial charge on any atom is -0.497 e. The van der Waals surface area contributed by atoms with Gasteiger partial charge in [0.25, 0.3) is 5.91 Å². The average molecular weight is 538 g/mol. The molecule has 0 spiro atoms. The minimum atomic E-state index is -0.395. The van der Waals surface area contributed by atoms with Crippen molar-refractivity contribution in [2.75, 3.05) is 27.9 Å². The van der Waals surface area contributed by atoms with Gasteiger partial charge in [0, 0.05) is 17.7 Å². The molecule has 37 heavy (non-hydrogen) atoms. The fourth-order valence-corrected chi connectivity index (χ4v) is 5.02. The lowest BCUT2D eigenvalue weighted by molar-refractivity contribution is 0.0746. The maximum atomic E-state index is 13.7. The van der Waals surface area contributed by atoms with E-state index in [0.717, 1.165) is 28.0 Å². The SMILES string of the molecule is COc1ccc(-c2n[nH]c3c2C(c2ccc(Cl)c(Cl)c2)N(CCc2ccc(OC)c(OC)c2)C3=O)cc1. The van der Waals surface area contributed by atoms with Gasteiger partial charge in [0.2, 0.25) is 0 Å². The number of halogens is 2. The molecule has 0 saturated carbocycles. The van der Waals surface area contributed by atoms with Crippen molar-refractivity contribution in [1.29, 1.82) is 0 Å². The molecule has 4 aromatic rings. The number of rotatable bonds is 8. The number of amides is 1. The molecule has 1 aliphatic rings. The summed E-state index contributed by atoms with van der Waals surface area (Å²) < 4.78 is 16.1. The number of aromatic nitrogens is 2. The second-order valence-corrected chi connectivity index (χ2v) is 9.42. The van der Waals surface area contributed by atoms with Crippen LogP contribution in [0.5, 0.6) is 17.2 Å². The Hall–Kier alpha value is -3.68. The zero-order valence-corrected chi connectivity index (χ0v) is 22.1. The van der Waals surface area contributed by atoms with Crippen LogP contribution in [0, 0.1) is 0 Å². The van der Waals surface area contributed by atoms with E-state index in [2.05, 4.69) is 10.2 Å². The lowest BCUT2D eigenvalue weighted by Crippen LogP contribution is -2.31. The van der Waals surface area contributed by atoms with Gasteiger partial charge in [-0.2, -0.15) is 5.10 Å². The minimum absolute atomic E-state index is 0.126. The van der Waals surface area contributed by atoms with Crippen LogP contribution in [-0.4, -0.2) is 48.9 Å². The van der Waals surface area contributed by atoms with Crippen LogP contribution < -0.4 is 14.2 Å². The molecule has 0 aliphatic carbocycles. The van der Waals surface area contributed by atoms with Crippen LogP contribution in [-0.2, 0) is 6.42 Å². The van der Waals surface area contributed by atoms with Gasteiger partial charge < -0.3 is 19.1 Å². The molecule has 1 aromatic heterocycles. The molecule has 7 nitrogen and oxygen atoms in total. The lowest BCUT2D eigenvalue weighted by Gasteiger charge is -2.27. The number of methoxy groups -OCH3 is 3. The number of H-pyrrole nitrogens is 1. The summed E-state index contributed by atoms with van der Waals surface area (Å²) in [5, 5.41) is 8.38. The van der Waals surface area contributed by atoms with Gasteiger partial charge in [0.1, 0.15) is 11.4 Å². The number of benzene rings is 3. The molecule has 1 atom stereocenters. The van der Waals surface area contributed by atoms with Crippen LogP contribution in [0.3, 0.4) is 0 Å². The number of carbonyl (C=O) groups excluding carboxylic acids is 1. The van der Waals surface area contributed by atoms with Crippen molar-refractivity contribution in [3.63, 3.8) is 0 Å². The Morgan fingerprint density at radius 3 is 2.32 bits per heavy atom. The third-order valence-electron chi connectivity index (χ3n) is 6.58. The molecular weight excluding hydrogens is 513 g/mol. The number of fused-ring (bicyclic) bond motifs is 1. The summed E-state index contributed by atoms with van der Waals surface area (Å²) in [7, 11) is 4.83. The quantitative estimate of drug-likeness (QED) is 0.289. The first-order valence-corrected chi connectivity index (χ1v) is 12.4. The summed E-state index contributed by atoms with van der Waals surface area (Å²) in [5.74, 6) is 1.91. The van der Waals surface area contributed by atoms with E-state index in [9.17, 15) is 4.79 Å². The molecule has 5 rings (SSSR count). The lowest BCUT2D eigenvalue weighted by atomic mass is 9.96. The number of hydrogen-bond donors (Lipinski definition) is 1. The third kappa shape index (κ3) is 4.61. The molecule has 2 heterocycles. The van der Waals surface area contributed by atoms with E-state index in [1.165, 1.54) is 0 Å². The van der Waals surface area contributed by atoms with Crippen LogP contribution in [0.25, 0.3) is 11.3 Å². The van der Waals surface area contributed by atoms with Crippen molar-refractivity contribution in [2.45, 2.75) is 12.5 Å². The van der Waals surface area contributed by atoms with E-state index >= 15 is 0 Å². The Bertz CT molecular complexity index is 1450. The van der Waals surface area contributed by atoms with Crippen molar-refractivity contribution >= 4 is 29.1 Å². The number of ether oxygens (including phenoxy) is 3. The molecule has 0 radical (unpaired) electrons. The fourth-order valence-electron chi connectivity index (χ4n) is 4.71. The summed E-state index contributed by atoms with van der Waals surface area (Å²) in [5.41, 5.74) is 4.72. The van der Waals surface area contributed by atoms with Crippen molar-refractivity contribution < 1.29 is 19.0 Å². The smallest absolute Gasteiger partial charge is 0.273 e. The number of carbonyl (C=O) groups is 1. The molecular formula is C28H25Cl2N3O4. The molecule has 3 aromatic carbocycles. The Morgan fingerprint density at radius 1 is 0.892 bits per heavy atom. The standard InChI is InChI=1S/C28H25Cl2N3O4/c1-35-19-8-5-17(6-9-19)25-24-26(32-31-25)28(34)33(27(24)18-7-10-20(29)21(30)15-18)13-12-16-4-11-22(36-2)23(14-16)37-3/h4-11,14-15,27H,12-13H2,1-3H3,(H,31,32). The highest BCUT2D eigenvalue weighted by Gasteiger charge is 2.42. The predicted octanol–water partition coefficient (Wildman–Crippen LogP) is 6.20. The van der Waals surface area contributed by atoms with Gasteiger partial charge in [-0.3, -0.25) is 9.89 Å². The van der Waals surface area contributed by atoms with Crippen LogP contribution >= 0.6 is 23.2 Å². The number of nitrogens with one attached hydrogen (secondary N) is 1. The Balaban J connectivity index is 1.54. The Morgan fingerprint density at radius 2 is 1.65 bits per heavy atom. The van der Waals surface area contributed by atoms with E-state index in [-0.39, 0.29) is 5.91 Å². The van der Waals surface area contributed by atoms with Crippen molar-refractivity contribution in [3.8, 4) is 28.5 Å². The molecule has 0 fully saturated rings. The van der Waals surface area contributed by atoms with Gasteiger partial charge in [0.05, 0.1) is 43.1 Å². The van der Waals surface area contributed by atoms with E-state index in [0.29, 0.717) is 45.9 Å². The molecule has 1 N–H and O–H groups in total. The molecule has 190 valence electrons. The Labute approximate surface area is 224 Å². The van der Waals surface area contributed by atoms with Crippen molar-refractivity contribution in [3.05, 3.63) is 93.1 Å². The highest BCUT2D eigenvalue weighted by atomic mass is 35.5. The first kappa shape index (κ1) is 25.0. The largest absolute Gasteiger partial charge is 0.497 e. The summed E-state index contributed by atoms with van der Waals surface area (Å²) >= 11 is 12.6. The molecule has 0 bridgehead atoms. The number of hydrogen-bond acceptors (Lipinski definition) is 5. The third-order valence-corrected chi connectivity index (χ3v) is 7.32. The molecule has 9 heteroatoms. The van der Waals surface area contributed by atoms with Crippen molar-refractivity contribution in [2.24, 2.45) is 0 Å². The molecule has 1 unspecified atom stereocenters. The topological polar surface area (TPSA) is 76.7 Å². The van der Waals surface area contributed by atoms with Gasteiger partial charge in [0.15, 0.2) is 11.5 Å². The summed E-state index contributed by atoms with van der Waals surface area (Å²) in [6.07, 6.45) is 0.611. The molecule has 0 saturated heterocycles. The van der Waals surface area contributed by atoms with Crippen LogP contribution in [0.2, 0.25) is 10.0 Å². The van der Waals surface area contributed by atoms with Gasteiger partial charge >= 0.3 is 0 Å². The zero-order chi connectivity index (χ0) is 26.1. The first-order chi connectivity index (χ1) is 17.9. The van der Waals surface area contributed by atoms with Crippen molar-refractivity contribution in [1.82, 2.24) is 15.1 Å². The summed E-state index contributed by atoms with van der Waals surface area (Å²) in [4.78, 5) is 15.5. The van der Waals surface area contributed by atoms with E-state index in [1.807, 2.05) is 59.5 Å². The van der Waals surface area contributed by atoms with E-state index in [4.69, 9.17) is 37.4 Å². The number of nitrogens with zero attached hydrogens (tertiary/aromatic N) is 2. The van der Waals surface area contributed by atoms with Gasteiger partial charge in [-0.15, -0.1) is 0 Å². The number of aromatic amines is 1. The van der Waals surface area contributed by atoms with Crippen LogP contribution in [0.1, 0.15) is 33.2 Å². The molecule has 1 amide bonds. The van der Waals surface area contributed by atoms with Gasteiger partial charge in [-0.05, 0) is 66.1 Å². The van der Waals surface area contributed by atoms with Crippen LogP contribution in [0.4, 0.5) is 0 Å². The fraction of sp³-hybridized carbons (Fsp3) is 0.214. The summed E-state index contributed by atoms with van der Waals surface area (Å²) in [6, 6.07) is 18.4. The second kappa shape index (κ2) is 10.4. The maximum absolute atomic E-state index is 13.7. The van der Waals surface area contributed by atoms with Gasteiger partial charge in [-0.1, -0.05) is 35.3 Å². The van der Waals surface area contributed by atoms with E-state index < -0.39 is 6.04 Å². The Kier molecular flexibility index (Phi) is 7.00. The summed E-state index contributed by atoms with van der Waals surface area (Å²) in [6.45, 7) is 0.462. The van der Waals surface area contributed by atoms with Gasteiger partial charge in [-0.25, -0.2) is 0 Å². The predicted molar refractivity (Wildman–Crippen MR) is 143 cm³/mol. The van der Waals surface area contributed by atoms with Crippen LogP contribution in [0.15, 0.2) is 60.7 Å². The second-order valence-electron chi connectivity index (χ2n) is 8.60. The highest BCUT2D eigenvalue weighted by Crippen LogP contribution is 2.44. The van der Waals surface area contributed by atoms with E-state index in [1.54, 1.807) is 27.4 Å². The zero-order valence-electron chi connectivity index (χ0n) is 20.5. The normalized spacial score (nSPS) is 14.6. The maximum Gasteiger partial charge on any atom is 0.273 e. The average Bonchev–Trinajstić information content (AvgIpc) is 3.47. The first-order valence-electron chi connectivity index (χ1n) is 11.6. The highest BCUT2D eigenvalue weighted by molar-refractivity contribution is 6.42.